The van der Waals surface area contributed by atoms with E-state index in [1.54, 1.807) is 6.92 Å². The van der Waals surface area contributed by atoms with Gasteiger partial charge in [0.05, 0.1) is 12.5 Å². The third kappa shape index (κ3) is 2.54. The van der Waals surface area contributed by atoms with Gasteiger partial charge in [0.2, 0.25) is 11.8 Å². The molecule has 0 aromatic heterocycles. The van der Waals surface area contributed by atoms with Crippen molar-refractivity contribution >= 4 is 17.8 Å². The van der Waals surface area contributed by atoms with Crippen molar-refractivity contribution in [2.75, 3.05) is 6.61 Å². The number of ether oxygens (including phenoxy) is 1. The van der Waals surface area contributed by atoms with Gasteiger partial charge in [0.15, 0.2) is 0 Å². The van der Waals surface area contributed by atoms with Crippen LogP contribution in [0.25, 0.3) is 0 Å². The molecule has 1 heterocycles. The highest BCUT2D eigenvalue weighted by atomic mass is 16.5. The quantitative estimate of drug-likeness (QED) is 0.469. The summed E-state index contributed by atoms with van der Waals surface area (Å²) in [6.07, 6.45) is 0.0924. The first-order valence-corrected chi connectivity index (χ1v) is 4.12. The number of esters is 1. The van der Waals surface area contributed by atoms with E-state index < -0.39 is 23.7 Å². The maximum absolute atomic E-state index is 11.1. The minimum absolute atomic E-state index is 0.0462. The van der Waals surface area contributed by atoms with E-state index in [1.165, 1.54) is 0 Å². The van der Waals surface area contributed by atoms with Crippen LogP contribution in [0.4, 0.5) is 0 Å². The lowest BCUT2D eigenvalue weighted by atomic mass is 9.97. The zero-order chi connectivity index (χ0) is 9.84. The first-order chi connectivity index (χ1) is 6.13. The van der Waals surface area contributed by atoms with Crippen LogP contribution in [-0.2, 0) is 19.1 Å². The van der Waals surface area contributed by atoms with E-state index in [0.29, 0.717) is 0 Å². The Bertz CT molecular complexity index is 233. The lowest BCUT2D eigenvalue weighted by Gasteiger charge is -2.18. The van der Waals surface area contributed by atoms with Crippen LogP contribution in [-0.4, -0.2) is 24.4 Å². The minimum atomic E-state index is -0.596. The molecule has 0 atom stereocenters. The number of hydrogen-bond acceptors (Lipinski definition) is 4. The van der Waals surface area contributed by atoms with Gasteiger partial charge in [0.25, 0.3) is 0 Å². The summed E-state index contributed by atoms with van der Waals surface area (Å²) in [5.74, 6) is -1.88. The van der Waals surface area contributed by atoms with Crippen molar-refractivity contribution < 1.29 is 19.1 Å². The van der Waals surface area contributed by atoms with Crippen LogP contribution < -0.4 is 5.32 Å². The van der Waals surface area contributed by atoms with Crippen LogP contribution in [0, 0.1) is 5.92 Å². The van der Waals surface area contributed by atoms with Crippen LogP contribution >= 0.6 is 0 Å². The Balaban J connectivity index is 2.54. The molecule has 5 nitrogen and oxygen atoms in total. The Morgan fingerprint density at radius 3 is 2.46 bits per heavy atom. The highest BCUT2D eigenvalue weighted by Gasteiger charge is 2.30. The first-order valence-electron chi connectivity index (χ1n) is 4.12. The summed E-state index contributed by atoms with van der Waals surface area (Å²) in [4.78, 5) is 32.8. The number of piperidine rings is 1. The molecule has 72 valence electrons. The molecule has 13 heavy (non-hydrogen) atoms. The molecular weight excluding hydrogens is 174 g/mol. The summed E-state index contributed by atoms with van der Waals surface area (Å²) in [7, 11) is 0. The Morgan fingerprint density at radius 2 is 2.00 bits per heavy atom. The fourth-order valence-electron chi connectivity index (χ4n) is 1.20. The minimum Gasteiger partial charge on any atom is -0.466 e. The highest BCUT2D eigenvalue weighted by Crippen LogP contribution is 2.14. The van der Waals surface area contributed by atoms with Gasteiger partial charge < -0.3 is 4.74 Å². The fraction of sp³-hybridized carbons (Fsp3) is 0.625. The maximum atomic E-state index is 11.1. The van der Waals surface area contributed by atoms with Gasteiger partial charge in [-0.3, -0.25) is 19.7 Å². The van der Waals surface area contributed by atoms with Gasteiger partial charge in [-0.15, -0.1) is 0 Å². The zero-order valence-electron chi connectivity index (χ0n) is 7.33. The Morgan fingerprint density at radius 1 is 1.46 bits per heavy atom. The SMILES string of the molecule is CCOC(=O)C1CC(=O)NC(=O)C1. The smallest absolute Gasteiger partial charge is 0.309 e. The predicted molar refractivity (Wildman–Crippen MR) is 42.5 cm³/mol. The molecule has 0 aromatic rings. The molecule has 1 N–H and O–H groups in total. The van der Waals surface area contributed by atoms with Gasteiger partial charge >= 0.3 is 5.97 Å². The van der Waals surface area contributed by atoms with Crippen molar-refractivity contribution in [3.8, 4) is 0 Å². The van der Waals surface area contributed by atoms with E-state index in [4.69, 9.17) is 4.74 Å². The lowest BCUT2D eigenvalue weighted by Crippen LogP contribution is -2.41. The lowest BCUT2D eigenvalue weighted by molar-refractivity contribution is -0.154. The van der Waals surface area contributed by atoms with E-state index in [2.05, 4.69) is 5.32 Å². The molecule has 0 saturated carbocycles. The standard InChI is InChI=1S/C8H11NO4/c1-2-13-8(12)5-3-6(10)9-7(11)4-5/h5H,2-4H2,1H3,(H,9,10,11). The van der Waals surface area contributed by atoms with Crippen LogP contribution in [0.2, 0.25) is 0 Å². The molecule has 0 radical (unpaired) electrons. The van der Waals surface area contributed by atoms with Crippen molar-refractivity contribution in [2.45, 2.75) is 19.8 Å². The number of amides is 2. The van der Waals surface area contributed by atoms with E-state index >= 15 is 0 Å². The third-order valence-corrected chi connectivity index (χ3v) is 1.76. The molecule has 1 saturated heterocycles. The van der Waals surface area contributed by atoms with E-state index in [1.807, 2.05) is 0 Å². The van der Waals surface area contributed by atoms with Gasteiger partial charge in [-0.1, -0.05) is 0 Å². The molecule has 2 amide bonds. The molecule has 0 unspecified atom stereocenters. The zero-order valence-corrected chi connectivity index (χ0v) is 7.33. The van der Waals surface area contributed by atoms with Gasteiger partial charge in [-0.05, 0) is 6.92 Å². The summed E-state index contributed by atoms with van der Waals surface area (Å²) in [6.45, 7) is 1.95. The number of rotatable bonds is 2. The van der Waals surface area contributed by atoms with Gasteiger partial charge in [0, 0.05) is 12.8 Å². The van der Waals surface area contributed by atoms with Gasteiger partial charge in [-0.25, -0.2) is 0 Å². The summed E-state index contributed by atoms with van der Waals surface area (Å²) in [5, 5.41) is 2.12. The Kier molecular flexibility index (Phi) is 3.00. The molecule has 0 bridgehead atoms. The van der Waals surface area contributed by atoms with E-state index in [-0.39, 0.29) is 19.4 Å². The Hall–Kier alpha value is -1.39. The molecule has 1 rings (SSSR count). The van der Waals surface area contributed by atoms with Crippen LogP contribution in [0.1, 0.15) is 19.8 Å². The molecular formula is C8H11NO4. The molecule has 0 aromatic carbocycles. The normalized spacial score (nSPS) is 18.2. The topological polar surface area (TPSA) is 72.5 Å². The average molecular weight is 185 g/mol. The molecule has 5 heteroatoms. The summed E-state index contributed by atoms with van der Waals surface area (Å²) >= 11 is 0. The number of nitrogens with one attached hydrogen (secondary N) is 1. The fourth-order valence-corrected chi connectivity index (χ4v) is 1.20. The maximum Gasteiger partial charge on any atom is 0.309 e. The second-order valence-corrected chi connectivity index (χ2v) is 2.83. The number of imide groups is 1. The molecule has 1 aliphatic heterocycles. The van der Waals surface area contributed by atoms with Crippen molar-refractivity contribution in [2.24, 2.45) is 5.92 Å². The van der Waals surface area contributed by atoms with Crippen molar-refractivity contribution in [1.29, 1.82) is 0 Å². The number of carbonyl (C=O) groups is 3. The van der Waals surface area contributed by atoms with Gasteiger partial charge in [-0.2, -0.15) is 0 Å². The second-order valence-electron chi connectivity index (χ2n) is 2.83. The molecule has 0 spiro atoms. The number of carbonyl (C=O) groups excluding carboxylic acids is 3. The number of hydrogen-bond donors (Lipinski definition) is 1. The summed E-state index contributed by atoms with van der Waals surface area (Å²) < 4.78 is 4.71. The largest absolute Gasteiger partial charge is 0.466 e. The highest BCUT2D eigenvalue weighted by molar-refractivity contribution is 6.01. The van der Waals surface area contributed by atoms with Crippen LogP contribution in [0.3, 0.4) is 0 Å². The monoisotopic (exact) mass is 185 g/mol. The molecule has 1 fully saturated rings. The molecule has 1 aliphatic rings. The third-order valence-electron chi connectivity index (χ3n) is 1.76. The van der Waals surface area contributed by atoms with E-state index in [0.717, 1.165) is 0 Å². The summed E-state index contributed by atoms with van der Waals surface area (Å²) in [5.41, 5.74) is 0. The molecule has 0 aliphatic carbocycles. The predicted octanol–water partition coefficient (Wildman–Crippen LogP) is -0.398. The van der Waals surface area contributed by atoms with Crippen molar-refractivity contribution in [3.63, 3.8) is 0 Å². The summed E-state index contributed by atoms with van der Waals surface area (Å²) in [6, 6.07) is 0. The van der Waals surface area contributed by atoms with Crippen LogP contribution in [0.5, 0.6) is 0 Å². The Labute approximate surface area is 75.4 Å². The second kappa shape index (κ2) is 4.02. The first kappa shape index (κ1) is 9.70. The van der Waals surface area contributed by atoms with Crippen molar-refractivity contribution in [3.05, 3.63) is 0 Å². The van der Waals surface area contributed by atoms with Gasteiger partial charge in [0.1, 0.15) is 0 Å². The van der Waals surface area contributed by atoms with Crippen molar-refractivity contribution in [1.82, 2.24) is 5.32 Å². The average Bonchev–Trinajstić information content (AvgIpc) is 2.03. The van der Waals surface area contributed by atoms with E-state index in [9.17, 15) is 14.4 Å². The van der Waals surface area contributed by atoms with Crippen LogP contribution in [0.15, 0.2) is 0 Å².